The fourth-order valence-electron chi connectivity index (χ4n) is 2.24. The number of carbonyl (C=O) groups excluding carboxylic acids is 2. The van der Waals surface area contributed by atoms with E-state index in [0.29, 0.717) is 11.1 Å². The molecule has 0 aromatic heterocycles. The van der Waals surface area contributed by atoms with Crippen LogP contribution in [0, 0.1) is 0 Å². The Morgan fingerprint density at radius 1 is 0.947 bits per heavy atom. The second-order valence-electron chi connectivity index (χ2n) is 4.45. The van der Waals surface area contributed by atoms with Crippen LogP contribution in [0.2, 0.25) is 0 Å². The fraction of sp³-hybridized carbons (Fsp3) is 0.429. The first-order valence-corrected chi connectivity index (χ1v) is 6.22. The third kappa shape index (κ3) is 2.86. The van der Waals surface area contributed by atoms with Gasteiger partial charge >= 0.3 is 11.9 Å². The van der Waals surface area contributed by atoms with Crippen molar-refractivity contribution in [1.29, 1.82) is 0 Å². The minimum Gasteiger partial charge on any atom is -0.465 e. The molecular weight excluding hydrogens is 246 g/mol. The molecule has 1 saturated heterocycles. The smallest absolute Gasteiger partial charge is 0.337 e. The summed E-state index contributed by atoms with van der Waals surface area (Å²) in [4.78, 5) is 25.5. The van der Waals surface area contributed by atoms with Gasteiger partial charge in [0.05, 0.1) is 25.3 Å². The van der Waals surface area contributed by atoms with Crippen molar-refractivity contribution >= 4 is 17.6 Å². The topological polar surface area (TPSA) is 55.8 Å². The molecular formula is C14H17NO4. The molecule has 1 aromatic rings. The van der Waals surface area contributed by atoms with Gasteiger partial charge in [-0.1, -0.05) is 0 Å². The molecule has 1 heterocycles. The van der Waals surface area contributed by atoms with Crippen LogP contribution in [0.3, 0.4) is 0 Å². The van der Waals surface area contributed by atoms with Crippen LogP contribution in [-0.2, 0) is 9.47 Å². The molecule has 1 aromatic carbocycles. The van der Waals surface area contributed by atoms with Gasteiger partial charge in [0.2, 0.25) is 0 Å². The summed E-state index contributed by atoms with van der Waals surface area (Å²) in [5.74, 6) is -0.905. The standard InChI is InChI=1S/C14H17NO4/c1-18-13(16)10-7-11(14(17)19-2)9-12(8-10)15-5-3-4-6-15/h7-9H,3-6H2,1-2H3. The Bertz CT molecular complexity index is 458. The van der Waals surface area contributed by atoms with Gasteiger partial charge in [-0.05, 0) is 31.0 Å². The number of rotatable bonds is 3. The Morgan fingerprint density at radius 3 is 1.84 bits per heavy atom. The van der Waals surface area contributed by atoms with Gasteiger partial charge in [0.1, 0.15) is 0 Å². The first kappa shape index (κ1) is 13.4. The SMILES string of the molecule is COC(=O)c1cc(C(=O)OC)cc(N2CCCC2)c1. The molecule has 0 unspecified atom stereocenters. The number of benzene rings is 1. The maximum atomic E-state index is 11.7. The van der Waals surface area contributed by atoms with Crippen molar-refractivity contribution in [2.75, 3.05) is 32.2 Å². The lowest BCUT2D eigenvalue weighted by molar-refractivity contribution is 0.0599. The van der Waals surface area contributed by atoms with Crippen molar-refractivity contribution in [3.05, 3.63) is 29.3 Å². The van der Waals surface area contributed by atoms with Crippen molar-refractivity contribution in [3.8, 4) is 0 Å². The van der Waals surface area contributed by atoms with Gasteiger partial charge in [-0.25, -0.2) is 9.59 Å². The van der Waals surface area contributed by atoms with Gasteiger partial charge in [0, 0.05) is 18.8 Å². The van der Waals surface area contributed by atoms with Crippen LogP contribution < -0.4 is 4.90 Å². The number of nitrogens with zero attached hydrogens (tertiary/aromatic N) is 1. The highest BCUT2D eigenvalue weighted by Gasteiger charge is 2.18. The lowest BCUT2D eigenvalue weighted by Crippen LogP contribution is -2.19. The summed E-state index contributed by atoms with van der Waals surface area (Å²) in [6.45, 7) is 1.87. The van der Waals surface area contributed by atoms with Crippen LogP contribution in [-0.4, -0.2) is 39.2 Å². The van der Waals surface area contributed by atoms with Gasteiger partial charge in [-0.15, -0.1) is 0 Å². The number of anilines is 1. The van der Waals surface area contributed by atoms with Gasteiger partial charge in [0.25, 0.3) is 0 Å². The molecule has 0 bridgehead atoms. The molecule has 2 rings (SSSR count). The van der Waals surface area contributed by atoms with E-state index in [1.807, 2.05) is 0 Å². The summed E-state index contributed by atoms with van der Waals surface area (Å²) < 4.78 is 9.43. The largest absolute Gasteiger partial charge is 0.465 e. The number of carbonyl (C=O) groups is 2. The third-order valence-corrected chi connectivity index (χ3v) is 3.23. The maximum absolute atomic E-state index is 11.7. The Kier molecular flexibility index (Phi) is 4.04. The second kappa shape index (κ2) is 5.73. The van der Waals surface area contributed by atoms with Gasteiger partial charge in [-0.2, -0.15) is 0 Å². The molecule has 19 heavy (non-hydrogen) atoms. The monoisotopic (exact) mass is 263 g/mol. The fourth-order valence-corrected chi connectivity index (χ4v) is 2.24. The molecule has 0 radical (unpaired) electrons. The van der Waals surface area contributed by atoms with E-state index >= 15 is 0 Å². The first-order valence-electron chi connectivity index (χ1n) is 6.22. The van der Waals surface area contributed by atoms with Gasteiger partial charge in [0.15, 0.2) is 0 Å². The van der Waals surface area contributed by atoms with E-state index in [2.05, 4.69) is 4.90 Å². The minimum absolute atomic E-state index is 0.368. The van der Waals surface area contributed by atoms with E-state index in [1.165, 1.54) is 20.3 Å². The molecule has 5 heteroatoms. The van der Waals surface area contributed by atoms with E-state index < -0.39 is 11.9 Å². The molecule has 0 spiro atoms. The summed E-state index contributed by atoms with van der Waals surface area (Å²) in [6, 6.07) is 5.00. The summed E-state index contributed by atoms with van der Waals surface area (Å²) >= 11 is 0. The van der Waals surface area contributed by atoms with Crippen molar-refractivity contribution in [2.45, 2.75) is 12.8 Å². The summed E-state index contributed by atoms with van der Waals surface area (Å²) in [7, 11) is 2.64. The van der Waals surface area contributed by atoms with Crippen molar-refractivity contribution < 1.29 is 19.1 Å². The number of methoxy groups -OCH3 is 2. The zero-order valence-electron chi connectivity index (χ0n) is 11.1. The Balaban J connectivity index is 2.41. The highest BCUT2D eigenvalue weighted by Crippen LogP contribution is 2.24. The van der Waals surface area contributed by atoms with Crippen molar-refractivity contribution in [3.63, 3.8) is 0 Å². The van der Waals surface area contributed by atoms with Crippen LogP contribution in [0.25, 0.3) is 0 Å². The molecule has 0 N–H and O–H groups in total. The van der Waals surface area contributed by atoms with Gasteiger partial charge < -0.3 is 14.4 Å². The van der Waals surface area contributed by atoms with Crippen molar-refractivity contribution in [2.24, 2.45) is 0 Å². The third-order valence-electron chi connectivity index (χ3n) is 3.23. The van der Waals surface area contributed by atoms with Crippen molar-refractivity contribution in [1.82, 2.24) is 0 Å². The van der Waals surface area contributed by atoms with E-state index in [-0.39, 0.29) is 0 Å². The molecule has 0 atom stereocenters. The lowest BCUT2D eigenvalue weighted by Gasteiger charge is -2.19. The molecule has 102 valence electrons. The average Bonchev–Trinajstić information content (AvgIpc) is 2.99. The van der Waals surface area contributed by atoms with Crippen LogP contribution in [0.4, 0.5) is 5.69 Å². The number of esters is 2. The minimum atomic E-state index is -0.453. The summed E-state index contributed by atoms with van der Waals surface area (Å²) in [5.41, 5.74) is 1.60. The first-order chi connectivity index (χ1) is 9.15. The molecule has 0 aliphatic carbocycles. The van der Waals surface area contributed by atoms with Gasteiger partial charge in [-0.3, -0.25) is 0 Å². The molecule has 1 aliphatic rings. The predicted octanol–water partition coefficient (Wildman–Crippen LogP) is 1.86. The van der Waals surface area contributed by atoms with E-state index in [0.717, 1.165) is 31.6 Å². The Labute approximate surface area is 112 Å². The highest BCUT2D eigenvalue weighted by atomic mass is 16.5. The molecule has 5 nitrogen and oxygen atoms in total. The highest BCUT2D eigenvalue weighted by molar-refractivity contribution is 5.97. The molecule has 1 aliphatic heterocycles. The predicted molar refractivity (Wildman–Crippen MR) is 70.6 cm³/mol. The molecule has 0 saturated carbocycles. The zero-order chi connectivity index (χ0) is 13.8. The lowest BCUT2D eigenvalue weighted by atomic mass is 10.1. The average molecular weight is 263 g/mol. The van der Waals surface area contributed by atoms with Crippen LogP contribution >= 0.6 is 0 Å². The van der Waals surface area contributed by atoms with E-state index in [1.54, 1.807) is 12.1 Å². The Morgan fingerprint density at radius 2 is 1.42 bits per heavy atom. The normalized spacial score (nSPS) is 14.3. The van der Waals surface area contributed by atoms with E-state index in [9.17, 15) is 9.59 Å². The number of hydrogen-bond donors (Lipinski definition) is 0. The molecule has 0 amide bonds. The van der Waals surface area contributed by atoms with Crippen LogP contribution in [0.5, 0.6) is 0 Å². The summed E-state index contributed by atoms with van der Waals surface area (Å²) in [5, 5.41) is 0. The Hall–Kier alpha value is -2.04. The zero-order valence-corrected chi connectivity index (χ0v) is 11.1. The van der Waals surface area contributed by atoms with E-state index in [4.69, 9.17) is 9.47 Å². The maximum Gasteiger partial charge on any atom is 0.337 e. The number of ether oxygens (including phenoxy) is 2. The quantitative estimate of drug-likeness (QED) is 0.779. The van der Waals surface area contributed by atoms with Crippen LogP contribution in [0.15, 0.2) is 18.2 Å². The molecule has 1 fully saturated rings. The number of hydrogen-bond acceptors (Lipinski definition) is 5. The second-order valence-corrected chi connectivity index (χ2v) is 4.45. The summed E-state index contributed by atoms with van der Waals surface area (Å²) in [6.07, 6.45) is 2.24. The van der Waals surface area contributed by atoms with Crippen LogP contribution in [0.1, 0.15) is 33.6 Å².